The summed E-state index contributed by atoms with van der Waals surface area (Å²) in [4.78, 5) is 20.1. The Kier molecular flexibility index (Phi) is 8.42. The number of rotatable bonds is 9. The van der Waals surface area contributed by atoms with Crippen molar-refractivity contribution in [1.82, 2.24) is 25.6 Å². The van der Waals surface area contributed by atoms with Crippen LogP contribution in [0, 0.1) is 0 Å². The molecular weight excluding hydrogens is 545 g/mol. The number of hydrogen-bond acceptors (Lipinski definition) is 6. The van der Waals surface area contributed by atoms with Crippen molar-refractivity contribution in [3.8, 4) is 22.6 Å². The van der Waals surface area contributed by atoms with Crippen LogP contribution in [0.2, 0.25) is 0 Å². The Morgan fingerprint density at radius 2 is 1.57 bits per heavy atom. The molecule has 0 saturated heterocycles. The second kappa shape index (κ2) is 12.5. The first-order chi connectivity index (χ1) is 20.3. The van der Waals surface area contributed by atoms with Crippen molar-refractivity contribution in [2.45, 2.75) is 26.1 Å². The molecule has 2 aromatic heterocycles. The first kappa shape index (κ1) is 28.3. The van der Waals surface area contributed by atoms with Gasteiger partial charge in [-0.1, -0.05) is 61.5 Å². The zero-order valence-corrected chi connectivity index (χ0v) is 22.6. The number of alkyl halides is 3. The number of pyridine rings is 1. The third kappa shape index (κ3) is 6.89. The summed E-state index contributed by atoms with van der Waals surface area (Å²) in [6.07, 6.45) is -3.61. The third-order valence-electron chi connectivity index (χ3n) is 6.38. The monoisotopic (exact) mass is 572 g/mol. The third-order valence-corrected chi connectivity index (χ3v) is 6.38. The molecule has 0 aliphatic carbocycles. The molecule has 0 aliphatic rings. The fourth-order valence-corrected chi connectivity index (χ4v) is 4.46. The van der Waals surface area contributed by atoms with Gasteiger partial charge in [0, 0.05) is 41.7 Å². The van der Waals surface area contributed by atoms with Crippen LogP contribution in [0.3, 0.4) is 0 Å². The highest BCUT2D eigenvalue weighted by Crippen LogP contribution is 2.33. The maximum atomic E-state index is 13.0. The first-order valence-corrected chi connectivity index (χ1v) is 13.2. The topological polar surface area (TPSA) is 112 Å². The van der Waals surface area contributed by atoms with Crippen molar-refractivity contribution in [1.29, 1.82) is 0 Å². The molecule has 0 spiro atoms. The molecule has 0 aliphatic heterocycles. The predicted octanol–water partition coefficient (Wildman–Crippen LogP) is 7.01. The molecule has 214 valence electrons. The number of amides is 2. The highest BCUT2D eigenvalue weighted by Gasteiger charge is 2.30. The van der Waals surface area contributed by atoms with E-state index in [-0.39, 0.29) is 5.69 Å². The number of urea groups is 1. The van der Waals surface area contributed by atoms with Crippen LogP contribution in [0.1, 0.15) is 24.5 Å². The number of halogens is 3. The first-order valence-electron chi connectivity index (χ1n) is 13.2. The molecule has 12 heteroatoms. The van der Waals surface area contributed by atoms with Crippen LogP contribution in [0.5, 0.6) is 0 Å². The van der Waals surface area contributed by atoms with E-state index in [1.807, 2.05) is 54.6 Å². The normalized spacial score (nSPS) is 11.2. The number of benzene rings is 3. The van der Waals surface area contributed by atoms with Crippen LogP contribution in [-0.4, -0.2) is 38.2 Å². The number of nitrogens with zero attached hydrogens (tertiary/aromatic N) is 5. The number of tetrazole rings is 1. The van der Waals surface area contributed by atoms with Crippen molar-refractivity contribution in [3.05, 3.63) is 102 Å². The Labute approximate surface area is 239 Å². The van der Waals surface area contributed by atoms with Gasteiger partial charge in [0.25, 0.3) is 0 Å². The van der Waals surface area contributed by atoms with Gasteiger partial charge in [-0.2, -0.15) is 13.2 Å². The lowest BCUT2D eigenvalue weighted by molar-refractivity contribution is -0.137. The van der Waals surface area contributed by atoms with Gasteiger partial charge >= 0.3 is 12.2 Å². The van der Waals surface area contributed by atoms with Gasteiger partial charge in [-0.25, -0.2) is 14.9 Å². The van der Waals surface area contributed by atoms with Gasteiger partial charge in [0.15, 0.2) is 5.82 Å². The highest BCUT2D eigenvalue weighted by molar-refractivity contribution is 6.00. The fourth-order valence-electron chi connectivity index (χ4n) is 4.46. The summed E-state index contributed by atoms with van der Waals surface area (Å²) in [6.45, 7) is 3.37. The summed E-state index contributed by atoms with van der Waals surface area (Å²) in [5.74, 6) is 1.09. The smallest absolute Gasteiger partial charge is 0.352 e. The molecule has 0 atom stereocenters. The number of H-pyrrole nitrogens is 1. The minimum atomic E-state index is -4.47. The van der Waals surface area contributed by atoms with Gasteiger partial charge in [0.1, 0.15) is 5.82 Å². The van der Waals surface area contributed by atoms with Crippen LogP contribution in [0.25, 0.3) is 22.6 Å². The van der Waals surface area contributed by atoms with Crippen molar-refractivity contribution < 1.29 is 18.0 Å². The Balaban J connectivity index is 1.50. The van der Waals surface area contributed by atoms with Crippen molar-refractivity contribution in [2.24, 2.45) is 0 Å². The minimum absolute atomic E-state index is 0.217. The van der Waals surface area contributed by atoms with Crippen LogP contribution in [0.4, 0.5) is 35.2 Å². The molecule has 42 heavy (non-hydrogen) atoms. The fraction of sp³-hybridized carbons (Fsp3) is 0.167. The Hall–Kier alpha value is -5.26. The Bertz CT molecular complexity index is 1630. The minimum Gasteiger partial charge on any atom is -0.352 e. The SMILES string of the molecule is CCCN(Cc1ccccc1)c1cc(NC(=O)Nc2ccc(C(F)(F)F)cc2)cc(-c2ccccc2-c2nnn[nH]2)n1. The zero-order chi connectivity index (χ0) is 29.5. The lowest BCUT2D eigenvalue weighted by atomic mass is 10.0. The summed E-state index contributed by atoms with van der Waals surface area (Å²) in [5.41, 5.74) is 2.98. The largest absolute Gasteiger partial charge is 0.416 e. The molecule has 2 heterocycles. The molecule has 2 amide bonds. The van der Waals surface area contributed by atoms with Crippen molar-refractivity contribution >= 4 is 23.2 Å². The lowest BCUT2D eigenvalue weighted by Crippen LogP contribution is -2.25. The molecule has 9 nitrogen and oxygen atoms in total. The lowest BCUT2D eigenvalue weighted by Gasteiger charge is -2.25. The average Bonchev–Trinajstić information content (AvgIpc) is 3.52. The summed E-state index contributed by atoms with van der Waals surface area (Å²) in [5, 5.41) is 19.6. The summed E-state index contributed by atoms with van der Waals surface area (Å²) >= 11 is 0. The van der Waals surface area contributed by atoms with E-state index >= 15 is 0 Å². The van der Waals surface area contributed by atoms with E-state index < -0.39 is 17.8 Å². The summed E-state index contributed by atoms with van der Waals surface area (Å²) in [6, 6.07) is 24.6. The van der Waals surface area contributed by atoms with Crippen molar-refractivity contribution in [2.75, 3.05) is 22.1 Å². The number of carbonyl (C=O) groups is 1. The number of hydrogen-bond donors (Lipinski definition) is 3. The van der Waals surface area contributed by atoms with Crippen LogP contribution >= 0.6 is 0 Å². The van der Waals surface area contributed by atoms with E-state index in [4.69, 9.17) is 4.98 Å². The van der Waals surface area contributed by atoms with Gasteiger partial charge in [-0.05, 0) is 52.7 Å². The number of aromatic amines is 1. The van der Waals surface area contributed by atoms with Crippen LogP contribution in [0.15, 0.2) is 91.0 Å². The zero-order valence-electron chi connectivity index (χ0n) is 22.6. The number of anilines is 3. The van der Waals surface area contributed by atoms with E-state index in [1.54, 1.807) is 12.1 Å². The summed E-state index contributed by atoms with van der Waals surface area (Å²) < 4.78 is 38.8. The van der Waals surface area contributed by atoms with E-state index in [9.17, 15) is 18.0 Å². The van der Waals surface area contributed by atoms with E-state index in [2.05, 4.69) is 43.1 Å². The maximum Gasteiger partial charge on any atom is 0.416 e. The number of aromatic nitrogens is 5. The average molecular weight is 573 g/mol. The highest BCUT2D eigenvalue weighted by atomic mass is 19.4. The molecular formula is C30H27F3N8O. The van der Waals surface area contributed by atoms with E-state index in [0.29, 0.717) is 36.1 Å². The Morgan fingerprint density at radius 1 is 0.881 bits per heavy atom. The van der Waals surface area contributed by atoms with Crippen molar-refractivity contribution in [3.63, 3.8) is 0 Å². The summed E-state index contributed by atoms with van der Waals surface area (Å²) in [7, 11) is 0. The second-order valence-corrected chi connectivity index (χ2v) is 9.46. The molecule has 0 bridgehead atoms. The standard InChI is InChI=1S/C30H27F3N8O/c1-2-16-41(19-20-8-4-3-5-9-20)27-18-23(35-29(42)34-22-14-12-21(13-15-22)30(31,32)33)17-26(36-27)24-10-6-7-11-25(24)28-37-39-40-38-28/h3-15,17-18H,2,16,19H2,1H3,(H2,34,35,36,42)(H,37,38,39,40). The van der Waals surface area contributed by atoms with E-state index in [0.717, 1.165) is 35.2 Å². The molecule has 3 N–H and O–H groups in total. The number of nitrogens with one attached hydrogen (secondary N) is 3. The Morgan fingerprint density at radius 3 is 2.24 bits per heavy atom. The molecule has 0 unspecified atom stereocenters. The van der Waals surface area contributed by atoms with Crippen LogP contribution in [-0.2, 0) is 12.7 Å². The quantitative estimate of drug-likeness (QED) is 0.175. The molecule has 3 aromatic carbocycles. The molecule has 5 rings (SSSR count). The predicted molar refractivity (Wildman–Crippen MR) is 155 cm³/mol. The second-order valence-electron chi connectivity index (χ2n) is 9.46. The molecule has 0 saturated carbocycles. The molecule has 5 aromatic rings. The van der Waals surface area contributed by atoms with Gasteiger partial charge in [0.05, 0.1) is 11.3 Å². The molecule has 0 fully saturated rings. The van der Waals surface area contributed by atoms with Gasteiger partial charge < -0.3 is 15.5 Å². The van der Waals surface area contributed by atoms with Crippen LogP contribution < -0.4 is 15.5 Å². The maximum absolute atomic E-state index is 13.0. The van der Waals surface area contributed by atoms with Gasteiger partial charge in [-0.3, -0.25) is 0 Å². The number of carbonyl (C=O) groups excluding carboxylic acids is 1. The van der Waals surface area contributed by atoms with E-state index in [1.165, 1.54) is 12.1 Å². The van der Waals surface area contributed by atoms with Gasteiger partial charge in [-0.15, -0.1) is 5.10 Å². The molecule has 0 radical (unpaired) electrons. The van der Waals surface area contributed by atoms with Gasteiger partial charge in [0.2, 0.25) is 0 Å².